The molecule has 0 spiro atoms. The summed E-state index contributed by atoms with van der Waals surface area (Å²) in [6.45, 7) is 9.58. The summed E-state index contributed by atoms with van der Waals surface area (Å²) in [5.74, 6) is 1.22. The quantitative estimate of drug-likeness (QED) is 0.553. The highest BCUT2D eigenvalue weighted by Crippen LogP contribution is 2.56. The van der Waals surface area contributed by atoms with Gasteiger partial charge in [0.05, 0.1) is 0 Å². The third-order valence-electron chi connectivity index (χ3n) is 6.41. The van der Waals surface area contributed by atoms with Crippen LogP contribution in [0.3, 0.4) is 0 Å². The second kappa shape index (κ2) is 8.09. The summed E-state index contributed by atoms with van der Waals surface area (Å²) in [5, 5.41) is 10.9. The molecule has 1 aromatic rings. The number of hydrogen-bond donors (Lipinski definition) is 1. The first-order valence-electron chi connectivity index (χ1n) is 9.50. The number of phenols is 1. The average molecular weight is 404 g/mol. The van der Waals surface area contributed by atoms with Crippen LogP contribution in [0.25, 0.3) is 0 Å². The Morgan fingerprint density at radius 3 is 2.76 bits per heavy atom. The van der Waals surface area contributed by atoms with Crippen molar-refractivity contribution in [3.05, 3.63) is 54.6 Å². The molecule has 0 radical (unpaired) electrons. The highest BCUT2D eigenvalue weighted by molar-refractivity contribution is 9.09. The number of alkyl halides is 1. The van der Waals surface area contributed by atoms with Crippen molar-refractivity contribution >= 4 is 15.9 Å². The maximum Gasteiger partial charge on any atom is 0.115 e. The number of piperidine rings is 1. The van der Waals surface area contributed by atoms with E-state index in [1.807, 2.05) is 6.07 Å². The maximum atomic E-state index is 9.98. The lowest BCUT2D eigenvalue weighted by molar-refractivity contribution is -0.00517. The smallest absolute Gasteiger partial charge is 0.115 e. The van der Waals surface area contributed by atoms with E-state index in [4.69, 9.17) is 0 Å². The molecule has 1 aromatic carbocycles. The molecule has 3 aliphatic rings. The van der Waals surface area contributed by atoms with Crippen LogP contribution in [0.15, 0.2) is 43.5 Å². The predicted octanol–water partition coefficient (Wildman–Crippen LogP) is 5.20. The normalized spacial score (nSPS) is 30.3. The number of phenolic OH excluding ortho intramolecular Hbond substituents is 1. The Morgan fingerprint density at radius 2 is 2.04 bits per heavy atom. The summed E-state index contributed by atoms with van der Waals surface area (Å²) in [7, 11) is 0. The van der Waals surface area contributed by atoms with Gasteiger partial charge in [-0.1, -0.05) is 47.0 Å². The molecule has 1 saturated carbocycles. The Morgan fingerprint density at radius 1 is 1.24 bits per heavy atom. The molecule has 1 N–H and O–H groups in total. The number of benzene rings is 1. The summed E-state index contributed by atoms with van der Waals surface area (Å²) in [6, 6.07) is 6.79. The molecule has 1 aliphatic heterocycles. The maximum absolute atomic E-state index is 9.98. The summed E-state index contributed by atoms with van der Waals surface area (Å²) in [6.07, 6.45) is 11.6. The first kappa shape index (κ1) is 18.7. The van der Waals surface area contributed by atoms with Crippen molar-refractivity contribution in [2.75, 3.05) is 18.4 Å². The van der Waals surface area contributed by atoms with Gasteiger partial charge in [-0.15, -0.1) is 13.2 Å². The van der Waals surface area contributed by atoms with Crippen LogP contribution in [-0.4, -0.2) is 34.5 Å². The molecule has 2 fully saturated rings. The standard InChI is InChI=1S/C19H25NO.C3H5Br/c1-2-10-20-11-9-19-8-4-3-5-16(19)18(20)12-14-6-7-15(21)13-17(14)19;1-2-3-4/h2,6-7,13,16,18,21H,1,3-5,8-12H2;2H,1,3H2/t16-,18+,19+;/m0./s1. The van der Waals surface area contributed by atoms with E-state index in [9.17, 15) is 5.11 Å². The number of rotatable bonds is 3. The van der Waals surface area contributed by atoms with Gasteiger partial charge in [0.2, 0.25) is 0 Å². The van der Waals surface area contributed by atoms with E-state index in [2.05, 4.69) is 52.2 Å². The number of aromatic hydroxyl groups is 1. The van der Waals surface area contributed by atoms with E-state index in [-0.39, 0.29) is 0 Å². The molecule has 136 valence electrons. The van der Waals surface area contributed by atoms with E-state index in [1.54, 1.807) is 6.08 Å². The third-order valence-corrected chi connectivity index (χ3v) is 6.87. The number of halogens is 1. The lowest BCUT2D eigenvalue weighted by Gasteiger charge is -2.59. The number of likely N-dealkylation sites (tertiary alicyclic amines) is 1. The van der Waals surface area contributed by atoms with E-state index in [0.717, 1.165) is 24.2 Å². The molecule has 1 heterocycles. The van der Waals surface area contributed by atoms with Crippen molar-refractivity contribution in [1.29, 1.82) is 0 Å². The molecule has 2 bridgehead atoms. The summed E-state index contributed by atoms with van der Waals surface area (Å²) in [4.78, 5) is 2.65. The second-order valence-electron chi connectivity index (χ2n) is 7.60. The van der Waals surface area contributed by atoms with Gasteiger partial charge < -0.3 is 5.11 Å². The monoisotopic (exact) mass is 403 g/mol. The minimum Gasteiger partial charge on any atom is -0.508 e. The highest BCUT2D eigenvalue weighted by atomic mass is 79.9. The van der Waals surface area contributed by atoms with Gasteiger partial charge in [-0.3, -0.25) is 4.90 Å². The Balaban J connectivity index is 0.000000415. The van der Waals surface area contributed by atoms with E-state index in [0.29, 0.717) is 17.2 Å². The number of hydrogen-bond acceptors (Lipinski definition) is 2. The molecular weight excluding hydrogens is 374 g/mol. The number of allylic oxidation sites excluding steroid dienone is 1. The first-order chi connectivity index (χ1) is 12.2. The van der Waals surface area contributed by atoms with Gasteiger partial charge in [-0.05, 0) is 61.4 Å². The average Bonchev–Trinajstić information content (AvgIpc) is 2.65. The minimum absolute atomic E-state index is 0.340. The van der Waals surface area contributed by atoms with Crippen molar-refractivity contribution in [3.63, 3.8) is 0 Å². The Bertz CT molecular complexity index is 628. The van der Waals surface area contributed by atoms with Crippen LogP contribution in [0.2, 0.25) is 0 Å². The molecular formula is C22H30BrNO. The van der Waals surface area contributed by atoms with Crippen molar-refractivity contribution in [1.82, 2.24) is 4.90 Å². The van der Waals surface area contributed by atoms with E-state index in [1.165, 1.54) is 49.8 Å². The van der Waals surface area contributed by atoms with Crippen molar-refractivity contribution in [2.24, 2.45) is 5.92 Å². The Labute approximate surface area is 160 Å². The van der Waals surface area contributed by atoms with Gasteiger partial charge in [0.25, 0.3) is 0 Å². The molecule has 3 heteroatoms. The van der Waals surface area contributed by atoms with Crippen LogP contribution in [0, 0.1) is 5.92 Å². The van der Waals surface area contributed by atoms with Crippen LogP contribution >= 0.6 is 15.9 Å². The lowest BCUT2D eigenvalue weighted by Crippen LogP contribution is -2.60. The van der Waals surface area contributed by atoms with E-state index >= 15 is 0 Å². The summed E-state index contributed by atoms with van der Waals surface area (Å²) >= 11 is 3.13. The van der Waals surface area contributed by atoms with Crippen LogP contribution in [0.1, 0.15) is 43.2 Å². The fraction of sp³-hybridized carbons (Fsp3) is 0.545. The molecule has 2 nitrogen and oxygen atoms in total. The summed E-state index contributed by atoms with van der Waals surface area (Å²) in [5.41, 5.74) is 3.29. The molecule has 4 rings (SSSR count). The molecule has 2 aliphatic carbocycles. The first-order valence-corrected chi connectivity index (χ1v) is 10.6. The number of fused-ring (bicyclic) bond motifs is 1. The Hall–Kier alpha value is -1.06. The molecule has 0 unspecified atom stereocenters. The molecule has 0 aromatic heterocycles. The Kier molecular flexibility index (Phi) is 6.06. The lowest BCUT2D eigenvalue weighted by atomic mass is 9.52. The highest BCUT2D eigenvalue weighted by Gasteiger charge is 2.53. The topological polar surface area (TPSA) is 23.5 Å². The minimum atomic E-state index is 0.340. The zero-order chi connectivity index (χ0) is 17.9. The number of nitrogens with zero attached hydrogens (tertiary/aromatic N) is 1. The third kappa shape index (κ3) is 3.46. The molecule has 1 saturated heterocycles. The van der Waals surface area contributed by atoms with E-state index < -0.39 is 0 Å². The van der Waals surface area contributed by atoms with Gasteiger partial charge in [0, 0.05) is 23.3 Å². The van der Waals surface area contributed by atoms with Crippen molar-refractivity contribution in [2.45, 2.75) is 50.0 Å². The van der Waals surface area contributed by atoms with Gasteiger partial charge >= 0.3 is 0 Å². The van der Waals surface area contributed by atoms with Gasteiger partial charge in [-0.25, -0.2) is 0 Å². The van der Waals surface area contributed by atoms with Crippen molar-refractivity contribution in [3.8, 4) is 5.75 Å². The zero-order valence-corrected chi connectivity index (χ0v) is 16.7. The van der Waals surface area contributed by atoms with Gasteiger partial charge in [0.1, 0.15) is 5.75 Å². The van der Waals surface area contributed by atoms with Crippen LogP contribution in [0.4, 0.5) is 0 Å². The SMILES string of the molecule is C=CCBr.C=CCN1CC[C@]23CCCC[C@H]2[C@H]1Cc1ccc(O)cc13. The van der Waals surface area contributed by atoms with Crippen molar-refractivity contribution < 1.29 is 5.11 Å². The fourth-order valence-electron chi connectivity index (χ4n) is 5.47. The van der Waals surface area contributed by atoms with Crippen LogP contribution < -0.4 is 0 Å². The predicted molar refractivity (Wildman–Crippen MR) is 110 cm³/mol. The summed E-state index contributed by atoms with van der Waals surface area (Å²) < 4.78 is 0. The van der Waals surface area contributed by atoms with Gasteiger partial charge in [0.15, 0.2) is 0 Å². The van der Waals surface area contributed by atoms with Crippen LogP contribution in [0.5, 0.6) is 5.75 Å². The molecule has 25 heavy (non-hydrogen) atoms. The zero-order valence-electron chi connectivity index (χ0n) is 15.1. The largest absolute Gasteiger partial charge is 0.508 e. The van der Waals surface area contributed by atoms with Crippen LogP contribution in [-0.2, 0) is 11.8 Å². The fourth-order valence-corrected chi connectivity index (χ4v) is 5.47. The van der Waals surface area contributed by atoms with Gasteiger partial charge in [-0.2, -0.15) is 0 Å². The molecule has 0 amide bonds. The second-order valence-corrected chi connectivity index (χ2v) is 8.25. The molecule has 3 atom stereocenters.